The third-order valence-corrected chi connectivity index (χ3v) is 2.21. The lowest BCUT2D eigenvalue weighted by Gasteiger charge is -2.03. The SMILES string of the molecule is O=C(Nc1cncnc1)c1cccc(Br)n1. The molecule has 80 valence electrons. The van der Waals surface area contributed by atoms with Crippen LogP contribution in [-0.2, 0) is 0 Å². The molecule has 0 aliphatic carbocycles. The molecule has 2 aromatic rings. The van der Waals surface area contributed by atoms with Crippen LogP contribution >= 0.6 is 15.9 Å². The number of hydrogen-bond acceptors (Lipinski definition) is 4. The van der Waals surface area contributed by atoms with Crippen molar-refractivity contribution in [3.63, 3.8) is 0 Å². The summed E-state index contributed by atoms with van der Waals surface area (Å²) in [4.78, 5) is 23.3. The lowest BCUT2D eigenvalue weighted by atomic mass is 10.3. The summed E-state index contributed by atoms with van der Waals surface area (Å²) in [5.41, 5.74) is 0.868. The molecule has 0 saturated carbocycles. The molecule has 0 atom stereocenters. The van der Waals surface area contributed by atoms with Crippen molar-refractivity contribution < 1.29 is 4.79 Å². The van der Waals surface area contributed by atoms with Crippen LogP contribution in [-0.4, -0.2) is 20.9 Å². The van der Waals surface area contributed by atoms with Gasteiger partial charge in [-0.15, -0.1) is 0 Å². The third kappa shape index (κ3) is 2.60. The predicted molar refractivity (Wildman–Crippen MR) is 61.9 cm³/mol. The molecular formula is C10H7BrN4O. The summed E-state index contributed by atoms with van der Waals surface area (Å²) in [5, 5.41) is 2.64. The average Bonchev–Trinajstić information content (AvgIpc) is 2.30. The maximum atomic E-state index is 11.7. The molecular weight excluding hydrogens is 272 g/mol. The van der Waals surface area contributed by atoms with Crippen molar-refractivity contribution in [2.24, 2.45) is 0 Å². The highest BCUT2D eigenvalue weighted by Crippen LogP contribution is 2.08. The van der Waals surface area contributed by atoms with Gasteiger partial charge in [0.15, 0.2) is 0 Å². The van der Waals surface area contributed by atoms with Gasteiger partial charge in [0.25, 0.3) is 5.91 Å². The molecule has 5 nitrogen and oxygen atoms in total. The molecule has 1 N–H and O–H groups in total. The first-order valence-electron chi connectivity index (χ1n) is 4.44. The fourth-order valence-corrected chi connectivity index (χ4v) is 1.44. The molecule has 2 rings (SSSR count). The zero-order chi connectivity index (χ0) is 11.4. The van der Waals surface area contributed by atoms with Gasteiger partial charge in [-0.25, -0.2) is 15.0 Å². The summed E-state index contributed by atoms with van der Waals surface area (Å²) in [6.45, 7) is 0. The molecule has 6 heteroatoms. The number of halogens is 1. The van der Waals surface area contributed by atoms with Crippen LogP contribution in [0.25, 0.3) is 0 Å². The molecule has 0 radical (unpaired) electrons. The molecule has 1 amide bonds. The van der Waals surface area contributed by atoms with Crippen molar-refractivity contribution in [1.29, 1.82) is 0 Å². The van der Waals surface area contributed by atoms with Gasteiger partial charge in [-0.1, -0.05) is 6.07 Å². The normalized spacial score (nSPS) is 9.81. The minimum atomic E-state index is -0.295. The topological polar surface area (TPSA) is 67.8 Å². The van der Waals surface area contributed by atoms with E-state index in [4.69, 9.17) is 0 Å². The van der Waals surface area contributed by atoms with Crippen LogP contribution in [0.5, 0.6) is 0 Å². The van der Waals surface area contributed by atoms with Crippen LogP contribution in [0.15, 0.2) is 41.5 Å². The molecule has 2 aromatic heterocycles. The number of aromatic nitrogens is 3. The highest BCUT2D eigenvalue weighted by Gasteiger charge is 2.07. The summed E-state index contributed by atoms with van der Waals surface area (Å²) >= 11 is 3.20. The van der Waals surface area contributed by atoms with Crippen LogP contribution < -0.4 is 5.32 Å². The quantitative estimate of drug-likeness (QED) is 0.852. The van der Waals surface area contributed by atoms with Gasteiger partial charge in [-0.2, -0.15) is 0 Å². The Kier molecular flexibility index (Phi) is 3.21. The lowest BCUT2D eigenvalue weighted by molar-refractivity contribution is 0.102. The van der Waals surface area contributed by atoms with Gasteiger partial charge in [0, 0.05) is 0 Å². The van der Waals surface area contributed by atoms with Gasteiger partial charge in [0.2, 0.25) is 0 Å². The second-order valence-electron chi connectivity index (χ2n) is 2.93. The Labute approximate surface area is 100 Å². The van der Waals surface area contributed by atoms with Crippen molar-refractivity contribution in [2.75, 3.05) is 5.32 Å². The summed E-state index contributed by atoms with van der Waals surface area (Å²) in [5.74, 6) is -0.295. The van der Waals surface area contributed by atoms with E-state index in [-0.39, 0.29) is 5.91 Å². The van der Waals surface area contributed by atoms with Crippen LogP contribution in [0, 0.1) is 0 Å². The molecule has 0 aliphatic rings. The van der Waals surface area contributed by atoms with Gasteiger partial charge < -0.3 is 5.32 Å². The van der Waals surface area contributed by atoms with Crippen LogP contribution in [0.4, 0.5) is 5.69 Å². The highest BCUT2D eigenvalue weighted by atomic mass is 79.9. The van der Waals surface area contributed by atoms with Gasteiger partial charge in [0.05, 0.1) is 18.1 Å². The molecule has 0 aliphatic heterocycles. The average molecular weight is 279 g/mol. The number of nitrogens with one attached hydrogen (secondary N) is 1. The fraction of sp³-hybridized carbons (Fsp3) is 0. The van der Waals surface area contributed by atoms with Crippen molar-refractivity contribution >= 4 is 27.5 Å². The Bertz CT molecular complexity index is 503. The first-order valence-corrected chi connectivity index (χ1v) is 5.24. The highest BCUT2D eigenvalue weighted by molar-refractivity contribution is 9.10. The van der Waals surface area contributed by atoms with Crippen molar-refractivity contribution in [3.8, 4) is 0 Å². The molecule has 2 heterocycles. The smallest absolute Gasteiger partial charge is 0.274 e. The van der Waals surface area contributed by atoms with Crippen LogP contribution in [0.1, 0.15) is 10.5 Å². The van der Waals surface area contributed by atoms with Gasteiger partial charge in [-0.05, 0) is 28.1 Å². The van der Waals surface area contributed by atoms with Crippen molar-refractivity contribution in [3.05, 3.63) is 47.2 Å². The lowest BCUT2D eigenvalue weighted by Crippen LogP contribution is -2.13. The van der Waals surface area contributed by atoms with E-state index in [2.05, 4.69) is 36.2 Å². The van der Waals surface area contributed by atoms with E-state index < -0.39 is 0 Å². The number of nitrogens with zero attached hydrogens (tertiary/aromatic N) is 3. The Morgan fingerprint density at radius 1 is 1.25 bits per heavy atom. The standard InChI is InChI=1S/C10H7BrN4O/c11-9-3-1-2-8(15-9)10(16)14-7-4-12-6-13-5-7/h1-6H,(H,14,16). The minimum absolute atomic E-state index is 0.295. The van der Waals surface area contributed by atoms with Crippen molar-refractivity contribution in [1.82, 2.24) is 15.0 Å². The van der Waals surface area contributed by atoms with Crippen LogP contribution in [0.2, 0.25) is 0 Å². The number of carbonyl (C=O) groups is 1. The Morgan fingerprint density at radius 3 is 2.69 bits per heavy atom. The van der Waals surface area contributed by atoms with E-state index in [1.54, 1.807) is 18.2 Å². The second-order valence-corrected chi connectivity index (χ2v) is 3.74. The number of anilines is 1. The minimum Gasteiger partial charge on any atom is -0.318 e. The monoisotopic (exact) mass is 278 g/mol. The maximum Gasteiger partial charge on any atom is 0.274 e. The van der Waals surface area contributed by atoms with E-state index in [1.807, 2.05) is 0 Å². The maximum absolute atomic E-state index is 11.7. The molecule has 16 heavy (non-hydrogen) atoms. The summed E-state index contributed by atoms with van der Waals surface area (Å²) in [6.07, 6.45) is 4.43. The van der Waals surface area contributed by atoms with Crippen LogP contribution in [0.3, 0.4) is 0 Å². The van der Waals surface area contributed by atoms with E-state index >= 15 is 0 Å². The molecule has 0 spiro atoms. The Morgan fingerprint density at radius 2 is 2.00 bits per heavy atom. The second kappa shape index (κ2) is 4.80. The molecule has 0 saturated heterocycles. The van der Waals surface area contributed by atoms with Gasteiger partial charge in [0.1, 0.15) is 16.6 Å². The number of pyridine rings is 1. The van der Waals surface area contributed by atoms with E-state index in [0.29, 0.717) is 16.0 Å². The first-order chi connectivity index (χ1) is 7.75. The third-order valence-electron chi connectivity index (χ3n) is 1.77. The molecule has 0 unspecified atom stereocenters. The number of rotatable bonds is 2. The van der Waals surface area contributed by atoms with Gasteiger partial charge >= 0.3 is 0 Å². The van der Waals surface area contributed by atoms with Gasteiger partial charge in [-0.3, -0.25) is 4.79 Å². The zero-order valence-electron chi connectivity index (χ0n) is 8.09. The molecule has 0 aromatic carbocycles. The molecule has 0 bridgehead atoms. The van der Waals surface area contributed by atoms with E-state index in [9.17, 15) is 4.79 Å². The summed E-state index contributed by atoms with van der Waals surface area (Å²) < 4.78 is 0.615. The number of carbonyl (C=O) groups excluding carboxylic acids is 1. The van der Waals surface area contributed by atoms with E-state index in [0.717, 1.165) is 0 Å². The largest absolute Gasteiger partial charge is 0.318 e. The first kappa shape index (κ1) is 10.7. The summed E-state index contributed by atoms with van der Waals surface area (Å²) in [6, 6.07) is 5.12. The number of hydrogen-bond donors (Lipinski definition) is 1. The Balaban J connectivity index is 2.15. The van der Waals surface area contributed by atoms with E-state index in [1.165, 1.54) is 18.7 Å². The zero-order valence-corrected chi connectivity index (χ0v) is 9.68. The molecule has 0 fully saturated rings. The predicted octanol–water partition coefficient (Wildman–Crippen LogP) is 1.89. The Hall–Kier alpha value is -1.82. The fourth-order valence-electron chi connectivity index (χ4n) is 1.09. The summed E-state index contributed by atoms with van der Waals surface area (Å²) in [7, 11) is 0. The van der Waals surface area contributed by atoms with Crippen molar-refractivity contribution in [2.45, 2.75) is 0 Å². The number of amides is 1.